The molecule has 34 heavy (non-hydrogen) atoms. The minimum absolute atomic E-state index is 0. The van der Waals surface area contributed by atoms with E-state index in [2.05, 4.69) is 146 Å². The predicted molar refractivity (Wildman–Crippen MR) is 151 cm³/mol. The van der Waals surface area contributed by atoms with Gasteiger partial charge >= 0.3 is 0 Å². The molecule has 6 aromatic carbocycles. The van der Waals surface area contributed by atoms with E-state index in [1.165, 1.54) is 31.9 Å². The van der Waals surface area contributed by atoms with Gasteiger partial charge in [0.1, 0.15) is 9.52 Å². The van der Waals surface area contributed by atoms with Gasteiger partial charge in [-0.1, -0.05) is 83.2 Å². The molecule has 0 atom stereocenters. The largest absolute Gasteiger partial charge is 0.168 e. The normalized spacial score (nSPS) is 9.18. The molecule has 6 aromatic rings. The third-order valence-corrected chi connectivity index (χ3v) is 6.18. The predicted octanol–water partition coefficient (Wildman–Crippen LogP) is 7.30. The Balaban J connectivity index is 0.000000249. The average molecular weight is 664 g/mol. The van der Waals surface area contributed by atoms with E-state index in [9.17, 15) is 0 Å². The Hall–Kier alpha value is -2.23. The summed E-state index contributed by atoms with van der Waals surface area (Å²) in [5.41, 5.74) is 0. The van der Waals surface area contributed by atoms with Crippen LogP contribution in [0.5, 0.6) is 0 Å². The van der Waals surface area contributed by atoms with Gasteiger partial charge in [-0.15, -0.1) is 84.1 Å². The molecule has 4 heteroatoms. The van der Waals surface area contributed by atoms with E-state index in [4.69, 9.17) is 0 Å². The molecule has 0 fully saturated rings. The quantitative estimate of drug-likeness (QED) is 0.135. The zero-order valence-corrected chi connectivity index (χ0v) is 24.9. The molecule has 0 saturated carbocycles. The molecule has 170 valence electrons. The summed E-state index contributed by atoms with van der Waals surface area (Å²) in [5.74, 6) is 0. The minimum atomic E-state index is 0. The van der Waals surface area contributed by atoms with Crippen molar-refractivity contribution in [1.82, 2.24) is 0 Å². The molecule has 0 aliphatic rings. The zero-order valence-electron chi connectivity index (χ0n) is 18.7. The smallest absolute Gasteiger partial charge is 0.121 e. The van der Waals surface area contributed by atoms with Crippen LogP contribution in [-0.2, 0) is 25.8 Å². The molecular weight excluding hydrogens is 638 g/mol. The van der Waals surface area contributed by atoms with Crippen LogP contribution in [0.1, 0.15) is 0 Å². The van der Waals surface area contributed by atoms with E-state index in [1.807, 2.05) is 0 Å². The molecule has 0 nitrogen and oxygen atoms in total. The number of hydrogen-bond acceptors (Lipinski definition) is 0. The van der Waals surface area contributed by atoms with Crippen LogP contribution in [0.15, 0.2) is 146 Å². The van der Waals surface area contributed by atoms with Crippen LogP contribution in [0.25, 0.3) is 21.5 Å². The first-order valence-electron chi connectivity index (χ1n) is 10.5. The van der Waals surface area contributed by atoms with Crippen molar-refractivity contribution in [2.75, 3.05) is 0 Å². The third kappa shape index (κ3) is 9.19. The van der Waals surface area contributed by atoms with Crippen LogP contribution in [-0.4, -0.2) is 9.52 Å². The van der Waals surface area contributed by atoms with Crippen LogP contribution in [0.3, 0.4) is 0 Å². The summed E-state index contributed by atoms with van der Waals surface area (Å²) >= 11 is 0. The van der Waals surface area contributed by atoms with Crippen molar-refractivity contribution in [3.63, 3.8) is 0 Å². The summed E-state index contributed by atoms with van der Waals surface area (Å²) in [6.45, 7) is 0. The van der Waals surface area contributed by atoms with Gasteiger partial charge in [0, 0.05) is 25.8 Å². The summed E-state index contributed by atoms with van der Waals surface area (Å²) < 4.78 is 0. The van der Waals surface area contributed by atoms with Crippen molar-refractivity contribution in [3.8, 4) is 0 Å². The van der Waals surface area contributed by atoms with Crippen LogP contribution in [0, 0.1) is 0 Å². The molecule has 0 N–H and O–H groups in total. The number of benzene rings is 4. The maximum Gasteiger partial charge on any atom is 0.121 e. The fourth-order valence-electron chi connectivity index (χ4n) is 3.35. The first-order valence-corrected chi connectivity index (χ1v) is 11.5. The van der Waals surface area contributed by atoms with E-state index in [0.29, 0.717) is 0 Å². The first-order chi connectivity index (χ1) is 15.4. The van der Waals surface area contributed by atoms with Crippen molar-refractivity contribution in [2.45, 2.75) is 0 Å². The maximum atomic E-state index is 2.17. The van der Waals surface area contributed by atoms with E-state index in [-0.39, 0.29) is 50.7 Å². The van der Waals surface area contributed by atoms with Gasteiger partial charge in [-0.25, -0.2) is 0 Å². The van der Waals surface area contributed by atoms with Gasteiger partial charge in [-0.05, 0) is 0 Å². The summed E-state index contributed by atoms with van der Waals surface area (Å²) in [5, 5.41) is 8.12. The molecule has 0 aliphatic heterocycles. The van der Waals surface area contributed by atoms with Crippen LogP contribution >= 0.6 is 24.8 Å². The molecule has 0 unspecified atom stereocenters. The summed E-state index contributed by atoms with van der Waals surface area (Å²) in [6, 6.07) is 50.5. The molecule has 0 aliphatic carbocycles. The van der Waals surface area contributed by atoms with Crippen LogP contribution in [0.2, 0.25) is 0 Å². The fourth-order valence-corrected chi connectivity index (χ4v) is 4.40. The second-order valence-electron chi connectivity index (χ2n) is 7.17. The summed E-state index contributed by atoms with van der Waals surface area (Å²) in [6.07, 6.45) is 0. The van der Waals surface area contributed by atoms with E-state index < -0.39 is 0 Å². The van der Waals surface area contributed by atoms with Gasteiger partial charge in [0.15, 0.2) is 0 Å². The van der Waals surface area contributed by atoms with Crippen molar-refractivity contribution in [2.24, 2.45) is 0 Å². The third-order valence-electron chi connectivity index (χ3n) is 4.93. The van der Waals surface area contributed by atoms with Crippen molar-refractivity contribution < 1.29 is 25.8 Å². The van der Waals surface area contributed by atoms with Crippen LogP contribution in [0.4, 0.5) is 0 Å². The standard InChI is InChI=1S/C12H10Si.2C9H7.2ClH.Hf/c1-3-7-11(8-4-1)13-12-9-5-2-6-10-12;2*1-2-5-9-7-3-6-8(9)4-1;;;/h1-10H;2*1-7H;2*1H;/q;2*-1;;;. The van der Waals surface area contributed by atoms with Crippen LogP contribution < -0.4 is 10.4 Å². The number of hydrogen-bond donors (Lipinski definition) is 0. The van der Waals surface area contributed by atoms with Gasteiger partial charge in [0.25, 0.3) is 0 Å². The number of rotatable bonds is 2. The zero-order chi connectivity index (χ0) is 21.1. The van der Waals surface area contributed by atoms with Gasteiger partial charge in [-0.2, -0.15) is 35.0 Å². The Morgan fingerprint density at radius 3 is 1.15 bits per heavy atom. The van der Waals surface area contributed by atoms with Gasteiger partial charge in [-0.3, -0.25) is 0 Å². The molecule has 0 amide bonds. The molecular formula is C30H26Cl2HfSi-2. The molecule has 0 saturated heterocycles. The molecule has 0 aromatic heterocycles. The van der Waals surface area contributed by atoms with Gasteiger partial charge in [0.2, 0.25) is 0 Å². The fraction of sp³-hybridized carbons (Fsp3) is 0. The van der Waals surface area contributed by atoms with Crippen molar-refractivity contribution >= 4 is 66.3 Å². The van der Waals surface area contributed by atoms with E-state index >= 15 is 0 Å². The monoisotopic (exact) mass is 664 g/mol. The van der Waals surface area contributed by atoms with Gasteiger partial charge < -0.3 is 0 Å². The Morgan fingerprint density at radius 1 is 0.412 bits per heavy atom. The minimum Gasteiger partial charge on any atom is -0.168 e. The second-order valence-corrected chi connectivity index (χ2v) is 8.57. The SMILES string of the molecule is Cl.Cl.[Hf].c1ccc([Si]c2ccccc2)cc1.c1ccc2[cH-]ccc2c1.c1ccc2[cH-]ccc2c1. The topological polar surface area (TPSA) is 0 Å². The van der Waals surface area contributed by atoms with Crippen molar-refractivity contribution in [3.05, 3.63) is 146 Å². The molecule has 2 radical (unpaired) electrons. The number of fused-ring (bicyclic) bond motifs is 2. The maximum absolute atomic E-state index is 2.17. The van der Waals surface area contributed by atoms with E-state index in [0.717, 1.165) is 9.52 Å². The van der Waals surface area contributed by atoms with Gasteiger partial charge in [0.05, 0.1) is 0 Å². The second kappa shape index (κ2) is 16.4. The molecule has 0 spiro atoms. The molecule has 0 heterocycles. The Kier molecular flexibility index (Phi) is 14.4. The van der Waals surface area contributed by atoms with Crippen molar-refractivity contribution in [1.29, 1.82) is 0 Å². The molecule has 0 bridgehead atoms. The Bertz CT molecular complexity index is 1150. The Labute approximate surface area is 236 Å². The average Bonchev–Trinajstić information content (AvgIpc) is 3.51. The first kappa shape index (κ1) is 29.8. The number of halogens is 2. The summed E-state index contributed by atoms with van der Waals surface area (Å²) in [7, 11) is 0.777. The Morgan fingerprint density at radius 2 is 0.765 bits per heavy atom. The van der Waals surface area contributed by atoms with E-state index in [1.54, 1.807) is 0 Å². The molecule has 6 rings (SSSR count). The summed E-state index contributed by atoms with van der Waals surface area (Å²) in [4.78, 5) is 0.